The molecule has 168 valence electrons. The van der Waals surface area contributed by atoms with Gasteiger partial charge < -0.3 is 14.8 Å². The maximum absolute atomic E-state index is 12.7. The molecule has 0 saturated carbocycles. The van der Waals surface area contributed by atoms with Crippen LogP contribution in [0.15, 0.2) is 53.6 Å². The lowest BCUT2D eigenvalue weighted by atomic mass is 10.1. The van der Waals surface area contributed by atoms with Crippen LogP contribution in [-0.2, 0) is 14.8 Å². The van der Waals surface area contributed by atoms with Gasteiger partial charge in [-0.3, -0.25) is 4.79 Å². The molecule has 0 aliphatic heterocycles. The van der Waals surface area contributed by atoms with E-state index in [4.69, 9.17) is 14.6 Å². The first-order valence-electron chi connectivity index (χ1n) is 9.50. The third-order valence-corrected chi connectivity index (χ3v) is 5.54. The van der Waals surface area contributed by atoms with Gasteiger partial charge in [0.05, 0.1) is 41.9 Å². The first kappa shape index (κ1) is 23.0. The van der Waals surface area contributed by atoms with Crippen molar-refractivity contribution in [1.29, 1.82) is 0 Å². The lowest BCUT2D eigenvalue weighted by Crippen LogP contribution is -2.15. The number of amides is 1. The van der Waals surface area contributed by atoms with Gasteiger partial charge in [0.15, 0.2) is 0 Å². The first-order valence-corrected chi connectivity index (χ1v) is 11.0. The maximum Gasteiger partial charge on any atom is 0.341 e. The minimum atomic E-state index is -3.95. The number of carbonyl (C=O) groups is 2. The summed E-state index contributed by atoms with van der Waals surface area (Å²) in [6.45, 7) is 3.73. The Morgan fingerprint density at radius 3 is 2.44 bits per heavy atom. The molecule has 32 heavy (non-hydrogen) atoms. The zero-order chi connectivity index (χ0) is 23.5. The number of hydrogen-bond acceptors (Lipinski definition) is 7. The minimum absolute atomic E-state index is 0.157. The molecular formula is C21H22N4O6S. The van der Waals surface area contributed by atoms with Gasteiger partial charge in [0.25, 0.3) is 5.91 Å². The molecule has 0 aliphatic rings. The molecule has 0 unspecified atom stereocenters. The third-order valence-electron chi connectivity index (χ3n) is 4.63. The van der Waals surface area contributed by atoms with Crippen LogP contribution < -0.4 is 15.2 Å². The maximum atomic E-state index is 12.7. The summed E-state index contributed by atoms with van der Waals surface area (Å²) in [5, 5.41) is 12.0. The minimum Gasteiger partial charge on any atom is -0.495 e. The molecule has 3 rings (SSSR count). The number of nitrogens with zero attached hydrogens (tertiary/aromatic N) is 2. The molecule has 1 heterocycles. The van der Waals surface area contributed by atoms with Gasteiger partial charge in [0.2, 0.25) is 10.0 Å². The standard InChI is InChI=1S/C21H22N4O6S/c1-4-31-21(27)17-12-23-25(13(17)2)15-7-5-14(6-8-15)20(26)24-18-11-16(32(22,28)29)9-10-19(18)30-3/h5-12H,4H2,1-3H3,(H,24,26)(H2,22,28,29). The molecule has 0 fully saturated rings. The van der Waals surface area contributed by atoms with E-state index in [0.717, 1.165) is 0 Å². The van der Waals surface area contributed by atoms with Crippen LogP contribution in [0.25, 0.3) is 5.69 Å². The van der Waals surface area contributed by atoms with Crippen molar-refractivity contribution < 1.29 is 27.5 Å². The van der Waals surface area contributed by atoms with Crippen LogP contribution in [0.5, 0.6) is 5.75 Å². The van der Waals surface area contributed by atoms with Crippen molar-refractivity contribution in [3.63, 3.8) is 0 Å². The van der Waals surface area contributed by atoms with E-state index in [0.29, 0.717) is 22.5 Å². The monoisotopic (exact) mass is 458 g/mol. The molecular weight excluding hydrogens is 436 g/mol. The van der Waals surface area contributed by atoms with Crippen LogP contribution in [0.4, 0.5) is 5.69 Å². The van der Waals surface area contributed by atoms with Crippen LogP contribution in [0.2, 0.25) is 0 Å². The fraction of sp³-hybridized carbons (Fsp3) is 0.190. The van der Waals surface area contributed by atoms with E-state index in [1.165, 1.54) is 31.5 Å². The van der Waals surface area contributed by atoms with Gasteiger partial charge in [-0.15, -0.1) is 0 Å². The van der Waals surface area contributed by atoms with E-state index >= 15 is 0 Å². The normalized spacial score (nSPS) is 11.1. The summed E-state index contributed by atoms with van der Waals surface area (Å²) in [5.41, 5.74) is 2.08. The predicted molar refractivity (Wildman–Crippen MR) is 117 cm³/mol. The molecule has 10 nitrogen and oxygen atoms in total. The molecule has 0 aliphatic carbocycles. The highest BCUT2D eigenvalue weighted by Crippen LogP contribution is 2.27. The molecule has 1 amide bonds. The number of ether oxygens (including phenoxy) is 2. The highest BCUT2D eigenvalue weighted by Gasteiger charge is 2.17. The lowest BCUT2D eigenvalue weighted by molar-refractivity contribution is 0.0525. The van der Waals surface area contributed by atoms with Crippen molar-refractivity contribution in [1.82, 2.24) is 9.78 Å². The Kier molecular flexibility index (Phi) is 6.61. The smallest absolute Gasteiger partial charge is 0.341 e. The topological polar surface area (TPSA) is 143 Å². The van der Waals surface area contributed by atoms with E-state index in [2.05, 4.69) is 10.4 Å². The van der Waals surface area contributed by atoms with Crippen molar-refractivity contribution in [2.24, 2.45) is 5.14 Å². The van der Waals surface area contributed by atoms with Crippen LogP contribution >= 0.6 is 0 Å². The van der Waals surface area contributed by atoms with Gasteiger partial charge in [-0.2, -0.15) is 5.10 Å². The van der Waals surface area contributed by atoms with Gasteiger partial charge >= 0.3 is 5.97 Å². The van der Waals surface area contributed by atoms with Gasteiger partial charge in [0.1, 0.15) is 11.3 Å². The van der Waals surface area contributed by atoms with Crippen molar-refractivity contribution in [2.75, 3.05) is 19.0 Å². The highest BCUT2D eigenvalue weighted by atomic mass is 32.2. The van der Waals surface area contributed by atoms with Gasteiger partial charge in [-0.1, -0.05) is 0 Å². The number of primary sulfonamides is 1. The van der Waals surface area contributed by atoms with Crippen molar-refractivity contribution in [3.8, 4) is 11.4 Å². The zero-order valence-corrected chi connectivity index (χ0v) is 18.5. The van der Waals surface area contributed by atoms with E-state index in [-0.39, 0.29) is 22.9 Å². The van der Waals surface area contributed by atoms with Crippen molar-refractivity contribution in [2.45, 2.75) is 18.7 Å². The molecule has 3 N–H and O–H groups in total. The average molecular weight is 458 g/mol. The lowest BCUT2D eigenvalue weighted by Gasteiger charge is -2.12. The van der Waals surface area contributed by atoms with E-state index in [1.54, 1.807) is 42.8 Å². The van der Waals surface area contributed by atoms with Crippen molar-refractivity contribution in [3.05, 3.63) is 65.5 Å². The predicted octanol–water partition coefficient (Wildman–Crippen LogP) is 2.27. The number of benzene rings is 2. The summed E-state index contributed by atoms with van der Waals surface area (Å²) in [7, 11) is -2.55. The molecule has 1 aromatic heterocycles. The molecule has 0 bridgehead atoms. The van der Waals surface area contributed by atoms with Crippen LogP contribution in [0, 0.1) is 6.92 Å². The van der Waals surface area contributed by atoms with Crippen LogP contribution in [0.1, 0.15) is 33.3 Å². The molecule has 0 atom stereocenters. The zero-order valence-electron chi connectivity index (χ0n) is 17.7. The number of nitrogens with one attached hydrogen (secondary N) is 1. The van der Waals surface area contributed by atoms with Gasteiger partial charge in [-0.05, 0) is 56.3 Å². The Hall–Kier alpha value is -3.70. The Morgan fingerprint density at radius 2 is 1.84 bits per heavy atom. The first-order chi connectivity index (χ1) is 15.2. The number of methoxy groups -OCH3 is 1. The summed E-state index contributed by atoms with van der Waals surface area (Å²) in [5.74, 6) is -0.658. The summed E-state index contributed by atoms with van der Waals surface area (Å²) in [6, 6.07) is 10.4. The summed E-state index contributed by atoms with van der Waals surface area (Å²) in [6.07, 6.45) is 1.43. The molecule has 0 radical (unpaired) electrons. The van der Waals surface area contributed by atoms with Crippen molar-refractivity contribution >= 4 is 27.6 Å². The quantitative estimate of drug-likeness (QED) is 0.517. The molecule has 11 heteroatoms. The third kappa shape index (κ3) is 4.79. The fourth-order valence-corrected chi connectivity index (χ4v) is 3.53. The molecule has 0 saturated heterocycles. The van der Waals surface area contributed by atoms with Crippen LogP contribution in [0.3, 0.4) is 0 Å². The summed E-state index contributed by atoms with van der Waals surface area (Å²) >= 11 is 0. The number of aromatic nitrogens is 2. The Labute approximate surface area is 185 Å². The Balaban J connectivity index is 1.83. The summed E-state index contributed by atoms with van der Waals surface area (Å²) < 4.78 is 35.0. The van der Waals surface area contributed by atoms with E-state index in [1.807, 2.05) is 0 Å². The van der Waals surface area contributed by atoms with Gasteiger partial charge in [-0.25, -0.2) is 23.0 Å². The number of hydrogen-bond donors (Lipinski definition) is 2. The number of rotatable bonds is 7. The molecule has 0 spiro atoms. The van der Waals surface area contributed by atoms with E-state index in [9.17, 15) is 18.0 Å². The Morgan fingerprint density at radius 1 is 1.16 bits per heavy atom. The largest absolute Gasteiger partial charge is 0.495 e. The number of sulfonamides is 1. The fourth-order valence-electron chi connectivity index (χ4n) is 2.99. The number of anilines is 1. The van der Waals surface area contributed by atoms with E-state index < -0.39 is 21.9 Å². The average Bonchev–Trinajstić information content (AvgIpc) is 3.14. The number of carbonyl (C=O) groups excluding carboxylic acids is 2. The summed E-state index contributed by atoms with van der Waals surface area (Å²) in [4.78, 5) is 24.5. The highest BCUT2D eigenvalue weighted by molar-refractivity contribution is 7.89. The Bertz CT molecular complexity index is 1270. The second kappa shape index (κ2) is 9.20. The number of nitrogens with two attached hydrogens (primary N) is 1. The molecule has 2 aromatic carbocycles. The van der Waals surface area contributed by atoms with Crippen LogP contribution in [-0.4, -0.2) is 43.8 Å². The second-order valence-electron chi connectivity index (χ2n) is 6.68. The molecule has 3 aromatic rings. The van der Waals surface area contributed by atoms with Gasteiger partial charge in [0, 0.05) is 5.56 Å². The SMILES string of the molecule is CCOC(=O)c1cnn(-c2ccc(C(=O)Nc3cc(S(N)(=O)=O)ccc3OC)cc2)c1C. The second-order valence-corrected chi connectivity index (χ2v) is 8.25. The number of esters is 1.